The van der Waals surface area contributed by atoms with E-state index in [0.29, 0.717) is 5.56 Å². The molecule has 0 spiro atoms. The summed E-state index contributed by atoms with van der Waals surface area (Å²) in [7, 11) is 0. The van der Waals surface area contributed by atoms with Crippen molar-refractivity contribution >= 4 is 22.7 Å². The van der Waals surface area contributed by atoms with Gasteiger partial charge in [0.1, 0.15) is 0 Å². The summed E-state index contributed by atoms with van der Waals surface area (Å²) in [5.74, 6) is -1.18. The zero-order chi connectivity index (χ0) is 16.8. The van der Waals surface area contributed by atoms with E-state index >= 15 is 0 Å². The molecule has 1 saturated heterocycles. The third-order valence-corrected chi connectivity index (χ3v) is 5.18. The van der Waals surface area contributed by atoms with Crippen LogP contribution in [0.3, 0.4) is 0 Å². The van der Waals surface area contributed by atoms with Crippen LogP contribution in [0.4, 0.5) is 0 Å². The third kappa shape index (κ3) is 1.79. The lowest BCUT2D eigenvalue weighted by molar-refractivity contribution is -0.177. The average Bonchev–Trinajstić information content (AvgIpc) is 2.64. The average molecular weight is 337 g/mol. The number of hydrogen-bond acceptors (Lipinski definition) is 4. The number of hydrogen-bond donors (Lipinski definition) is 0. The van der Waals surface area contributed by atoms with Crippen molar-refractivity contribution in [3.63, 3.8) is 0 Å². The maximum absolute atomic E-state index is 12.9. The van der Waals surface area contributed by atoms with Crippen molar-refractivity contribution in [2.24, 2.45) is 10.9 Å². The van der Waals surface area contributed by atoms with E-state index in [1.165, 1.54) is 0 Å². The van der Waals surface area contributed by atoms with Gasteiger partial charge < -0.3 is 4.74 Å². The van der Waals surface area contributed by atoms with Crippen LogP contribution < -0.4 is 0 Å². The Kier molecular flexibility index (Phi) is 3.22. The fourth-order valence-corrected chi connectivity index (χ4v) is 3.93. The van der Waals surface area contributed by atoms with Crippen LogP contribution in [0.15, 0.2) is 65.7 Å². The fourth-order valence-electron chi connectivity index (χ4n) is 3.57. The van der Waals surface area contributed by atoms with Crippen molar-refractivity contribution in [1.29, 1.82) is 5.26 Å². The molecule has 0 unspecified atom stereocenters. The van der Waals surface area contributed by atoms with Gasteiger partial charge in [-0.2, -0.15) is 5.26 Å². The molecule has 5 rings (SSSR count). The van der Waals surface area contributed by atoms with Crippen LogP contribution in [0, 0.1) is 17.2 Å². The Balaban J connectivity index is 1.96. The quantitative estimate of drug-likeness (QED) is 0.788. The van der Waals surface area contributed by atoms with Gasteiger partial charge in [0, 0.05) is 12.0 Å². The van der Waals surface area contributed by atoms with Crippen LogP contribution in [0.1, 0.15) is 17.5 Å². The van der Waals surface area contributed by atoms with Gasteiger partial charge in [0.05, 0.1) is 12.0 Å². The Bertz CT molecular complexity index is 875. The first-order valence-corrected chi connectivity index (χ1v) is 8.01. The van der Waals surface area contributed by atoms with E-state index in [2.05, 4.69) is 11.1 Å². The van der Waals surface area contributed by atoms with Gasteiger partial charge in [0.2, 0.25) is 0 Å². The van der Waals surface area contributed by atoms with E-state index in [-0.39, 0.29) is 11.6 Å². The second-order valence-corrected chi connectivity index (χ2v) is 6.36. The van der Waals surface area contributed by atoms with E-state index in [0.717, 1.165) is 5.56 Å². The molecule has 118 valence electrons. The number of nitrogens with zero attached hydrogens (tertiary/aromatic N) is 2. The number of rotatable bonds is 2. The first-order chi connectivity index (χ1) is 11.6. The summed E-state index contributed by atoms with van der Waals surface area (Å²) >= 11 is 6.49. The highest BCUT2D eigenvalue weighted by molar-refractivity contribution is 6.67. The Morgan fingerprint density at radius 3 is 2.25 bits per heavy atom. The predicted octanol–water partition coefficient (Wildman–Crippen LogP) is 3.51. The van der Waals surface area contributed by atoms with Crippen molar-refractivity contribution in [2.45, 2.75) is 17.6 Å². The van der Waals surface area contributed by atoms with E-state index < -0.39 is 23.0 Å². The summed E-state index contributed by atoms with van der Waals surface area (Å²) in [5, 5.41) is 9.95. The Morgan fingerprint density at radius 1 is 1.08 bits per heavy atom. The molecule has 2 aromatic rings. The molecule has 2 aromatic carbocycles. The topological polar surface area (TPSA) is 62.4 Å². The summed E-state index contributed by atoms with van der Waals surface area (Å²) in [6.07, 6.45) is 0.288. The van der Waals surface area contributed by atoms with Crippen molar-refractivity contribution in [3.8, 4) is 6.07 Å². The first kappa shape index (κ1) is 14.9. The van der Waals surface area contributed by atoms with Crippen molar-refractivity contribution in [2.75, 3.05) is 0 Å². The number of carbonyl (C=O) groups is 1. The molecule has 5 heteroatoms. The number of halogens is 1. The van der Waals surface area contributed by atoms with E-state index in [1.54, 1.807) is 12.1 Å². The van der Waals surface area contributed by atoms with Gasteiger partial charge in [-0.1, -0.05) is 72.3 Å². The van der Waals surface area contributed by atoms with Gasteiger partial charge in [0.25, 0.3) is 0 Å². The summed E-state index contributed by atoms with van der Waals surface area (Å²) in [6, 6.07) is 20.5. The van der Waals surface area contributed by atoms with Gasteiger partial charge in [-0.25, -0.2) is 9.79 Å². The number of fused-ring (bicyclic) bond motifs is 2. The monoisotopic (exact) mass is 336 g/mol. The SMILES string of the molecule is N#C[C@H]1C[C@]2(c3ccccc3)OC(=O)[C@@]1(c1ccccc1)N=C2Cl. The minimum absolute atomic E-state index is 0.212. The Labute approximate surface area is 144 Å². The van der Waals surface area contributed by atoms with Gasteiger partial charge in [-0.05, 0) is 5.56 Å². The predicted molar refractivity (Wildman–Crippen MR) is 89.3 cm³/mol. The standard InChI is InChI=1S/C19H13ClN2O2/c20-16-18(13-7-3-1-4-8-13)11-15(12-21)19(22-16,17(23)24-18)14-9-5-2-6-10-14/h1-10,15H,11H2/t15-,18-,19+/m1/s1. The lowest BCUT2D eigenvalue weighted by atomic mass is 9.67. The molecule has 0 aromatic heterocycles. The van der Waals surface area contributed by atoms with Crippen LogP contribution in [0.2, 0.25) is 0 Å². The molecule has 3 atom stereocenters. The lowest BCUT2D eigenvalue weighted by Gasteiger charge is -2.50. The smallest absolute Gasteiger partial charge is 0.341 e. The zero-order valence-electron chi connectivity index (χ0n) is 12.6. The molecule has 1 fully saturated rings. The minimum Gasteiger partial charge on any atom is -0.444 e. The van der Waals surface area contributed by atoms with Crippen LogP contribution >= 0.6 is 11.6 Å². The van der Waals surface area contributed by atoms with Gasteiger partial charge >= 0.3 is 5.97 Å². The Hall–Kier alpha value is -2.64. The van der Waals surface area contributed by atoms with Gasteiger partial charge in [-0.15, -0.1) is 0 Å². The minimum atomic E-state index is -1.39. The van der Waals surface area contributed by atoms with E-state index in [9.17, 15) is 10.1 Å². The normalized spacial score (nSPS) is 31.1. The van der Waals surface area contributed by atoms with E-state index in [1.807, 2.05) is 48.5 Å². The highest BCUT2D eigenvalue weighted by atomic mass is 35.5. The number of aliphatic imine (C=N–C) groups is 1. The third-order valence-electron chi connectivity index (χ3n) is 4.79. The van der Waals surface area contributed by atoms with Gasteiger partial charge in [-0.3, -0.25) is 0 Å². The van der Waals surface area contributed by atoms with Crippen LogP contribution in [-0.4, -0.2) is 11.1 Å². The highest BCUT2D eigenvalue weighted by Crippen LogP contribution is 2.54. The molecule has 3 aliphatic rings. The van der Waals surface area contributed by atoms with Crippen LogP contribution in [0.5, 0.6) is 0 Å². The number of esters is 1. The maximum atomic E-state index is 12.9. The van der Waals surface area contributed by atoms with Crippen molar-refractivity contribution in [3.05, 3.63) is 71.8 Å². The number of carbonyl (C=O) groups excluding carboxylic acids is 1. The number of nitriles is 1. The zero-order valence-corrected chi connectivity index (χ0v) is 13.4. The summed E-state index contributed by atoms with van der Waals surface area (Å²) < 4.78 is 5.81. The maximum Gasteiger partial charge on any atom is 0.341 e. The largest absolute Gasteiger partial charge is 0.444 e. The van der Waals surface area contributed by atoms with Gasteiger partial charge in [0.15, 0.2) is 16.3 Å². The molecule has 3 aliphatic heterocycles. The molecule has 0 amide bonds. The highest BCUT2D eigenvalue weighted by Gasteiger charge is 2.65. The lowest BCUT2D eigenvalue weighted by Crippen LogP contribution is -2.60. The first-order valence-electron chi connectivity index (χ1n) is 7.63. The second-order valence-electron chi connectivity index (χ2n) is 6.00. The molecule has 0 radical (unpaired) electrons. The molecule has 3 heterocycles. The number of benzene rings is 2. The summed E-state index contributed by atoms with van der Waals surface area (Å²) in [4.78, 5) is 17.5. The molecule has 24 heavy (non-hydrogen) atoms. The summed E-state index contributed by atoms with van der Waals surface area (Å²) in [6.45, 7) is 0. The fraction of sp³-hybridized carbons (Fsp3) is 0.211. The molecular formula is C19H13ClN2O2. The number of ether oxygens (including phenoxy) is 1. The van der Waals surface area contributed by atoms with Crippen LogP contribution in [0.25, 0.3) is 0 Å². The molecule has 0 saturated carbocycles. The molecule has 4 nitrogen and oxygen atoms in total. The molecule has 2 bridgehead atoms. The summed E-state index contributed by atoms with van der Waals surface area (Å²) in [5.41, 5.74) is -1.20. The molecule has 0 aliphatic carbocycles. The molecular weight excluding hydrogens is 324 g/mol. The van der Waals surface area contributed by atoms with Crippen molar-refractivity contribution in [1.82, 2.24) is 0 Å². The van der Waals surface area contributed by atoms with E-state index in [4.69, 9.17) is 16.3 Å². The second kappa shape index (κ2) is 5.19. The van der Waals surface area contributed by atoms with Crippen LogP contribution in [-0.2, 0) is 20.7 Å². The molecule has 0 N–H and O–H groups in total. The Morgan fingerprint density at radius 2 is 1.67 bits per heavy atom. The van der Waals surface area contributed by atoms with Crippen molar-refractivity contribution < 1.29 is 9.53 Å².